The van der Waals surface area contributed by atoms with Crippen molar-refractivity contribution in [2.45, 2.75) is 29.6 Å². The van der Waals surface area contributed by atoms with Crippen molar-refractivity contribution in [2.24, 2.45) is 0 Å². The van der Waals surface area contributed by atoms with Gasteiger partial charge in [0.15, 0.2) is 0 Å². The number of hydrogen-bond acceptors (Lipinski definition) is 4. The summed E-state index contributed by atoms with van der Waals surface area (Å²) >= 11 is 19.4. The number of thiocarbonyl (C=S) groups is 1. The predicted octanol–water partition coefficient (Wildman–Crippen LogP) is 2.34. The van der Waals surface area contributed by atoms with Crippen molar-refractivity contribution in [3.63, 3.8) is 0 Å². The average Bonchev–Trinajstić information content (AvgIpc) is 2.78. The maximum atomic E-state index is 4.94. The van der Waals surface area contributed by atoms with Gasteiger partial charge in [-0.25, -0.2) is 0 Å². The Balaban J connectivity index is 0.000000306. The van der Waals surface area contributed by atoms with Crippen molar-refractivity contribution >= 4 is 78.9 Å². The van der Waals surface area contributed by atoms with Crippen LogP contribution >= 0.6 is 12.2 Å². The normalized spacial score (nSPS) is 13.3. The van der Waals surface area contributed by atoms with Gasteiger partial charge in [0.1, 0.15) is 0 Å². The first kappa shape index (κ1) is 18.6. The Labute approximate surface area is 149 Å². The molecule has 1 aliphatic heterocycles. The van der Waals surface area contributed by atoms with E-state index in [4.69, 9.17) is 50.1 Å². The first-order valence-electron chi connectivity index (χ1n) is 5.41. The second kappa shape index (κ2) is 9.49. The second-order valence-corrected chi connectivity index (χ2v) is 5.82. The third kappa shape index (κ3) is 6.67. The minimum atomic E-state index is 0. The van der Waals surface area contributed by atoms with E-state index in [1.165, 1.54) is 18.4 Å². The molecule has 0 aliphatic carbocycles. The van der Waals surface area contributed by atoms with Gasteiger partial charge in [-0.3, -0.25) is 0 Å². The molecule has 6 heteroatoms. The van der Waals surface area contributed by atoms with Crippen LogP contribution in [0.1, 0.15) is 18.4 Å². The van der Waals surface area contributed by atoms with Gasteiger partial charge in [0.2, 0.25) is 0 Å². The zero-order chi connectivity index (χ0) is 12.8. The molecule has 1 aromatic carbocycles. The Morgan fingerprint density at radius 1 is 1.17 bits per heavy atom. The fourth-order valence-electron chi connectivity index (χ4n) is 1.51. The molecule has 1 aliphatic rings. The van der Waals surface area contributed by atoms with E-state index in [2.05, 4.69) is 4.90 Å². The molecular weight excluding hydrogens is 408 g/mol. The van der Waals surface area contributed by atoms with Gasteiger partial charge in [-0.15, -0.1) is 0 Å². The SMILES string of the molecule is Cc1ccc([S-])c([S-])c1.S=C([S-])N1CCCC1.[Sb+3]. The Kier molecular flexibility index (Phi) is 9.80. The van der Waals surface area contributed by atoms with Crippen LogP contribution in [0.25, 0.3) is 0 Å². The molecule has 0 atom stereocenters. The summed E-state index contributed by atoms with van der Waals surface area (Å²) in [7, 11) is 0. The zero-order valence-corrected chi connectivity index (χ0v) is 15.9. The molecule has 18 heavy (non-hydrogen) atoms. The number of benzene rings is 1. The van der Waals surface area contributed by atoms with Crippen LogP contribution in [0, 0.1) is 6.92 Å². The smallest absolute Gasteiger partial charge is 0.781 e. The van der Waals surface area contributed by atoms with E-state index in [0.29, 0.717) is 4.32 Å². The quantitative estimate of drug-likeness (QED) is 0.358. The van der Waals surface area contributed by atoms with Crippen molar-refractivity contribution in [1.82, 2.24) is 4.90 Å². The van der Waals surface area contributed by atoms with Gasteiger partial charge < -0.3 is 55.0 Å². The largest absolute Gasteiger partial charge is 3.00 e. The molecule has 2 radical (unpaired) electrons. The molecule has 96 valence electrons. The van der Waals surface area contributed by atoms with Crippen LogP contribution in [0.4, 0.5) is 0 Å². The predicted molar refractivity (Wildman–Crippen MR) is 89.0 cm³/mol. The van der Waals surface area contributed by atoms with Crippen molar-refractivity contribution in [3.8, 4) is 0 Å². The maximum absolute atomic E-state index is 4.94. The molecule has 0 spiro atoms. The molecule has 0 aromatic heterocycles. The Morgan fingerprint density at radius 2 is 1.72 bits per heavy atom. The molecule has 1 saturated heterocycles. The Bertz CT molecular complexity index is 392. The van der Waals surface area contributed by atoms with Crippen LogP contribution in [-0.4, -0.2) is 46.7 Å². The fourth-order valence-corrected chi connectivity index (χ4v) is 2.26. The first-order chi connectivity index (χ1) is 8.00. The standard InChI is InChI=1S/C7H8S2.C5H9NS2.Sb/c1-5-2-3-6(8)7(9)4-5;7-5(8)6-3-1-2-4-6;/h2-4,8-9H,1H3;1-4H2,(H,7,8);/q;;+3/p-3. The molecule has 0 N–H and O–H groups in total. The van der Waals surface area contributed by atoms with Crippen LogP contribution in [0.5, 0.6) is 0 Å². The Morgan fingerprint density at radius 3 is 2.06 bits per heavy atom. The van der Waals surface area contributed by atoms with Gasteiger partial charge in [0, 0.05) is 13.1 Å². The minimum Gasteiger partial charge on any atom is -0.781 e. The summed E-state index contributed by atoms with van der Waals surface area (Å²) in [6.07, 6.45) is 2.52. The molecule has 0 saturated carbocycles. The third-order valence-electron chi connectivity index (χ3n) is 2.46. The molecule has 0 bridgehead atoms. The van der Waals surface area contributed by atoms with Crippen LogP contribution in [0.15, 0.2) is 28.0 Å². The van der Waals surface area contributed by atoms with Gasteiger partial charge >= 0.3 is 24.4 Å². The topological polar surface area (TPSA) is 3.24 Å². The molecule has 1 heterocycles. The van der Waals surface area contributed by atoms with Crippen molar-refractivity contribution < 1.29 is 0 Å². The minimum absolute atomic E-state index is 0. The van der Waals surface area contributed by atoms with E-state index >= 15 is 0 Å². The monoisotopic (exact) mass is 421 g/mol. The van der Waals surface area contributed by atoms with Crippen molar-refractivity contribution in [2.75, 3.05) is 13.1 Å². The van der Waals surface area contributed by atoms with Crippen LogP contribution in [0.3, 0.4) is 0 Å². The summed E-state index contributed by atoms with van der Waals surface area (Å²) in [5.41, 5.74) is 1.17. The van der Waals surface area contributed by atoms with Gasteiger partial charge in [0.25, 0.3) is 0 Å². The number of nitrogens with zero attached hydrogens (tertiary/aromatic N) is 1. The molecular formula is C12H14NS4Sb. The van der Waals surface area contributed by atoms with Gasteiger partial charge in [0.05, 0.1) is 0 Å². The molecule has 0 unspecified atom stereocenters. The molecule has 0 amide bonds. The fraction of sp³-hybridized carbons (Fsp3) is 0.417. The van der Waals surface area contributed by atoms with E-state index in [9.17, 15) is 0 Å². The van der Waals surface area contributed by atoms with E-state index in [0.717, 1.165) is 22.9 Å². The van der Waals surface area contributed by atoms with Gasteiger partial charge in [-0.05, 0) is 19.8 Å². The van der Waals surface area contributed by atoms with Crippen LogP contribution in [-0.2, 0) is 37.9 Å². The summed E-state index contributed by atoms with van der Waals surface area (Å²) in [6, 6.07) is 5.75. The van der Waals surface area contributed by atoms with E-state index < -0.39 is 0 Å². The van der Waals surface area contributed by atoms with Crippen LogP contribution in [0.2, 0.25) is 0 Å². The Hall–Kier alpha value is 0.588. The number of rotatable bonds is 0. The molecule has 2 rings (SSSR count). The summed E-state index contributed by atoms with van der Waals surface area (Å²) in [4.78, 5) is 3.63. The van der Waals surface area contributed by atoms with Crippen LogP contribution < -0.4 is 0 Å². The maximum Gasteiger partial charge on any atom is 3.00 e. The van der Waals surface area contributed by atoms with E-state index in [1.54, 1.807) is 0 Å². The van der Waals surface area contributed by atoms with E-state index in [1.807, 2.05) is 25.1 Å². The summed E-state index contributed by atoms with van der Waals surface area (Å²) in [6.45, 7) is 4.18. The summed E-state index contributed by atoms with van der Waals surface area (Å²) in [5, 5.41) is 0. The molecule has 1 aromatic rings. The molecule has 1 fully saturated rings. The first-order valence-corrected chi connectivity index (χ1v) is 7.04. The third-order valence-corrected chi connectivity index (χ3v) is 3.80. The zero-order valence-electron chi connectivity index (χ0n) is 10.1. The van der Waals surface area contributed by atoms with Gasteiger partial charge in [-0.2, -0.15) is 9.79 Å². The number of hydrogen-bond donors (Lipinski definition) is 0. The van der Waals surface area contributed by atoms with Crippen molar-refractivity contribution in [1.29, 1.82) is 0 Å². The average molecular weight is 422 g/mol. The van der Waals surface area contributed by atoms with Gasteiger partial charge in [-0.1, -0.05) is 28.1 Å². The molecule has 1 nitrogen and oxygen atoms in total. The number of aryl methyl sites for hydroxylation is 1. The second-order valence-electron chi connectivity index (χ2n) is 3.91. The summed E-state index contributed by atoms with van der Waals surface area (Å²) < 4.78 is 0.641. The van der Waals surface area contributed by atoms with E-state index in [-0.39, 0.29) is 24.4 Å². The van der Waals surface area contributed by atoms with Crippen molar-refractivity contribution in [3.05, 3.63) is 23.8 Å². The summed E-state index contributed by atoms with van der Waals surface area (Å²) in [5.74, 6) is 0. The number of likely N-dealkylation sites (tertiary alicyclic amines) is 1.